The van der Waals surface area contributed by atoms with Gasteiger partial charge >= 0.3 is 5.97 Å². The number of aliphatic carboxylic acids is 1. The highest BCUT2D eigenvalue weighted by Crippen LogP contribution is 2.15. The fourth-order valence-electron chi connectivity index (χ4n) is 1.10. The van der Waals surface area contributed by atoms with Gasteiger partial charge in [-0.3, -0.25) is 4.79 Å². The third-order valence-electron chi connectivity index (χ3n) is 1.83. The number of carboxylic acid groups (broad SMARTS) is 1. The number of nitrogens with zero attached hydrogens (tertiary/aromatic N) is 1. The zero-order valence-corrected chi connectivity index (χ0v) is 7.98. The number of nitriles is 1. The minimum atomic E-state index is -1.21. The molecule has 0 radical (unpaired) electrons. The van der Waals surface area contributed by atoms with Gasteiger partial charge in [-0.25, -0.2) is 9.18 Å². The van der Waals surface area contributed by atoms with Crippen LogP contribution in [0, 0.1) is 17.1 Å². The van der Waals surface area contributed by atoms with E-state index in [0.717, 1.165) is 24.3 Å². The van der Waals surface area contributed by atoms with Crippen LogP contribution in [0.3, 0.4) is 0 Å². The lowest BCUT2D eigenvalue weighted by atomic mass is 10.0. The molecular weight excluding hydrogens is 213 g/mol. The summed E-state index contributed by atoms with van der Waals surface area (Å²) < 4.78 is 13.2. The Balaban J connectivity index is 3.30. The van der Waals surface area contributed by atoms with E-state index in [-0.39, 0.29) is 16.7 Å². The van der Waals surface area contributed by atoms with E-state index in [1.165, 1.54) is 0 Å². The van der Waals surface area contributed by atoms with E-state index in [1.807, 2.05) is 0 Å². The van der Waals surface area contributed by atoms with Crippen molar-refractivity contribution in [1.82, 2.24) is 0 Å². The molecule has 0 saturated heterocycles. The van der Waals surface area contributed by atoms with Crippen LogP contribution in [0.4, 0.5) is 4.39 Å². The molecule has 0 atom stereocenters. The third kappa shape index (κ3) is 2.51. The van der Waals surface area contributed by atoms with Gasteiger partial charge in [-0.15, -0.1) is 0 Å². The largest absolute Gasteiger partial charge is 0.478 e. The van der Waals surface area contributed by atoms with Gasteiger partial charge in [-0.1, -0.05) is 0 Å². The molecule has 0 saturated carbocycles. The zero-order chi connectivity index (χ0) is 12.1. The molecule has 0 amide bonds. The molecule has 0 unspecified atom stereocenters. The van der Waals surface area contributed by atoms with E-state index >= 15 is 0 Å². The molecule has 5 heteroatoms. The van der Waals surface area contributed by atoms with Crippen LogP contribution in [0.2, 0.25) is 0 Å². The van der Waals surface area contributed by atoms with E-state index in [9.17, 15) is 14.0 Å². The highest BCUT2D eigenvalue weighted by molar-refractivity contribution is 5.89. The number of carbonyl (C=O) groups excluding carboxylic acids is 1. The summed E-state index contributed by atoms with van der Waals surface area (Å²) in [5.74, 6) is -2.00. The number of benzene rings is 1. The van der Waals surface area contributed by atoms with Crippen LogP contribution in [-0.4, -0.2) is 17.4 Å². The minimum Gasteiger partial charge on any atom is -0.478 e. The Morgan fingerprint density at radius 3 is 2.62 bits per heavy atom. The Bertz CT molecular complexity index is 515. The molecule has 1 N–H and O–H groups in total. The first-order chi connectivity index (χ1) is 7.58. The van der Waals surface area contributed by atoms with Gasteiger partial charge in [-0.2, -0.15) is 5.26 Å². The molecule has 0 spiro atoms. The highest BCUT2D eigenvalue weighted by Gasteiger charge is 2.07. The lowest BCUT2D eigenvalue weighted by Gasteiger charge is -2.00. The maximum absolute atomic E-state index is 13.2. The summed E-state index contributed by atoms with van der Waals surface area (Å²) in [6.45, 7) is 0. The molecule has 0 bridgehead atoms. The molecule has 0 aliphatic rings. The van der Waals surface area contributed by atoms with Crippen LogP contribution in [0.25, 0.3) is 6.08 Å². The van der Waals surface area contributed by atoms with Crippen molar-refractivity contribution >= 4 is 18.3 Å². The van der Waals surface area contributed by atoms with Crippen molar-refractivity contribution in [1.29, 1.82) is 5.26 Å². The number of aldehydes is 1. The van der Waals surface area contributed by atoms with E-state index in [2.05, 4.69) is 0 Å². The van der Waals surface area contributed by atoms with Crippen molar-refractivity contribution in [2.75, 3.05) is 0 Å². The number of rotatable bonds is 3. The maximum Gasteiger partial charge on any atom is 0.328 e. The Morgan fingerprint density at radius 2 is 2.12 bits per heavy atom. The van der Waals surface area contributed by atoms with Gasteiger partial charge in [0.1, 0.15) is 11.9 Å². The fraction of sp³-hybridized carbons (Fsp3) is 0. The number of halogens is 1. The first-order valence-corrected chi connectivity index (χ1v) is 4.18. The van der Waals surface area contributed by atoms with Crippen LogP contribution < -0.4 is 0 Å². The van der Waals surface area contributed by atoms with E-state index in [1.54, 1.807) is 6.07 Å². The predicted molar refractivity (Wildman–Crippen MR) is 53.2 cm³/mol. The Morgan fingerprint density at radius 1 is 1.44 bits per heavy atom. The van der Waals surface area contributed by atoms with Crippen molar-refractivity contribution < 1.29 is 19.1 Å². The topological polar surface area (TPSA) is 78.2 Å². The Kier molecular flexibility index (Phi) is 3.51. The summed E-state index contributed by atoms with van der Waals surface area (Å²) in [5, 5.41) is 16.9. The molecule has 0 aliphatic carbocycles. The van der Waals surface area contributed by atoms with Crippen LogP contribution >= 0.6 is 0 Å². The van der Waals surface area contributed by atoms with Crippen LogP contribution in [0.15, 0.2) is 18.2 Å². The average molecular weight is 219 g/mol. The lowest BCUT2D eigenvalue weighted by molar-refractivity contribution is -0.131. The Labute approximate surface area is 90.2 Å². The normalized spacial score (nSPS) is 10.0. The van der Waals surface area contributed by atoms with E-state index in [0.29, 0.717) is 6.29 Å². The Hall–Kier alpha value is -2.48. The molecule has 4 nitrogen and oxygen atoms in total. The van der Waals surface area contributed by atoms with Gasteiger partial charge in [0.2, 0.25) is 0 Å². The maximum atomic E-state index is 13.2. The summed E-state index contributed by atoms with van der Waals surface area (Å²) in [4.78, 5) is 20.9. The van der Waals surface area contributed by atoms with Crippen molar-refractivity contribution in [3.05, 3.63) is 40.7 Å². The number of carboxylic acids is 1. The molecule has 1 aromatic carbocycles. The minimum absolute atomic E-state index is 0.0652. The first-order valence-electron chi connectivity index (χ1n) is 4.18. The van der Waals surface area contributed by atoms with Gasteiger partial charge in [-0.05, 0) is 23.8 Å². The van der Waals surface area contributed by atoms with E-state index < -0.39 is 11.8 Å². The number of hydrogen-bond acceptors (Lipinski definition) is 3. The molecule has 0 fully saturated rings. The summed E-state index contributed by atoms with van der Waals surface area (Å²) in [6.07, 6.45) is 2.31. The molecular formula is C11H6FNO3. The number of carbonyl (C=O) groups is 2. The monoisotopic (exact) mass is 219 g/mol. The fourth-order valence-corrected chi connectivity index (χ4v) is 1.10. The average Bonchev–Trinajstić information content (AvgIpc) is 2.26. The SMILES string of the molecule is N#Cc1cc(C=O)c(/C=C/C(=O)O)cc1F. The van der Waals surface area contributed by atoms with Gasteiger partial charge in [0.25, 0.3) is 0 Å². The molecule has 0 aromatic heterocycles. The lowest BCUT2D eigenvalue weighted by Crippen LogP contribution is -1.94. The molecule has 16 heavy (non-hydrogen) atoms. The van der Waals surface area contributed by atoms with Gasteiger partial charge in [0.05, 0.1) is 5.56 Å². The third-order valence-corrected chi connectivity index (χ3v) is 1.83. The number of hydrogen-bond donors (Lipinski definition) is 1. The zero-order valence-electron chi connectivity index (χ0n) is 7.98. The van der Waals surface area contributed by atoms with Crippen molar-refractivity contribution in [3.63, 3.8) is 0 Å². The predicted octanol–water partition coefficient (Wildman–Crippen LogP) is 1.61. The van der Waals surface area contributed by atoms with Crippen LogP contribution in [0.5, 0.6) is 0 Å². The molecule has 0 heterocycles. The smallest absolute Gasteiger partial charge is 0.328 e. The summed E-state index contributed by atoms with van der Waals surface area (Å²) in [7, 11) is 0. The standard InChI is InChI=1S/C11H6FNO3/c12-10-4-7(1-2-11(15)16)9(6-14)3-8(10)5-13/h1-4,6H,(H,15,16)/b2-1+. The van der Waals surface area contributed by atoms with E-state index in [4.69, 9.17) is 10.4 Å². The van der Waals surface area contributed by atoms with Gasteiger partial charge in [0.15, 0.2) is 6.29 Å². The van der Waals surface area contributed by atoms with Crippen molar-refractivity contribution in [2.24, 2.45) is 0 Å². The second kappa shape index (κ2) is 4.84. The molecule has 80 valence electrons. The van der Waals surface area contributed by atoms with Crippen molar-refractivity contribution in [3.8, 4) is 6.07 Å². The quantitative estimate of drug-likeness (QED) is 0.618. The van der Waals surface area contributed by atoms with Crippen LogP contribution in [-0.2, 0) is 4.79 Å². The van der Waals surface area contributed by atoms with Crippen LogP contribution in [0.1, 0.15) is 21.5 Å². The highest BCUT2D eigenvalue weighted by atomic mass is 19.1. The second-order valence-corrected chi connectivity index (χ2v) is 2.86. The molecule has 0 aliphatic heterocycles. The van der Waals surface area contributed by atoms with Gasteiger partial charge in [0, 0.05) is 11.6 Å². The van der Waals surface area contributed by atoms with Crippen molar-refractivity contribution in [2.45, 2.75) is 0 Å². The first kappa shape index (κ1) is 11.6. The summed E-state index contributed by atoms with van der Waals surface area (Å²) in [5.41, 5.74) is -0.0704. The van der Waals surface area contributed by atoms with Gasteiger partial charge < -0.3 is 5.11 Å². The molecule has 1 rings (SSSR count). The summed E-state index contributed by atoms with van der Waals surface area (Å²) in [6, 6.07) is 3.61. The molecule has 1 aromatic rings. The summed E-state index contributed by atoms with van der Waals surface area (Å²) >= 11 is 0. The second-order valence-electron chi connectivity index (χ2n) is 2.86.